The fraction of sp³-hybridized carbons (Fsp3) is 0.679. The number of carboxylic acid groups (broad SMARTS) is 2. The van der Waals surface area contributed by atoms with Crippen LogP contribution in [-0.4, -0.2) is 68.8 Å². The van der Waals surface area contributed by atoms with E-state index in [1.807, 2.05) is 11.8 Å². The Morgan fingerprint density at radius 3 is 2.32 bits per heavy atom. The molecule has 10 heteroatoms. The molecule has 4 atom stereocenters. The van der Waals surface area contributed by atoms with Gasteiger partial charge in [0.15, 0.2) is 0 Å². The first-order valence-corrected chi connectivity index (χ1v) is 15.6. The minimum absolute atomic E-state index is 0.0640. The average Bonchev–Trinajstić information content (AvgIpc) is 3.38. The van der Waals surface area contributed by atoms with Crippen LogP contribution in [0, 0.1) is 0 Å². The van der Waals surface area contributed by atoms with Crippen molar-refractivity contribution >= 4 is 41.5 Å². The maximum Gasteiger partial charge on any atom is 0.321 e. The molecule has 0 radical (unpaired) electrons. The van der Waals surface area contributed by atoms with E-state index in [1.54, 1.807) is 11.8 Å². The molecule has 2 fully saturated rings. The van der Waals surface area contributed by atoms with Crippen LogP contribution in [-0.2, 0) is 9.59 Å². The Hall–Kier alpha value is -1.91. The lowest BCUT2D eigenvalue weighted by Crippen LogP contribution is -2.36. The third-order valence-electron chi connectivity index (χ3n) is 6.35. The summed E-state index contributed by atoms with van der Waals surface area (Å²) in [5.41, 5.74) is 9.64. The third kappa shape index (κ3) is 15.5. The molecule has 2 aliphatic heterocycles. The standard InChI is InChI=1S/C18H31NO2S.C10H16N2O3S/c1-14(2)7-5-8-15(3)9-6-10-16(4)11-12-22-13-17(19)18(20)21;13-8(14)4-2-1-3-7-9-6(5-16-7)11-10(15)12-9/h7,9,11,17H,5-6,8,10,12-13,19H2,1-4H3,(H,20,21);6-7,9H,1-5H2,(H,13,14)(H2,11,12,15)/t17-;6-,7-,9-/m00/s1. The number of nitrogens with two attached hydrogens (primary N) is 1. The molecule has 8 nitrogen and oxygen atoms in total. The van der Waals surface area contributed by atoms with E-state index in [-0.39, 0.29) is 24.5 Å². The van der Waals surface area contributed by atoms with E-state index in [0.717, 1.165) is 56.5 Å². The molecule has 0 spiro atoms. The summed E-state index contributed by atoms with van der Waals surface area (Å²) in [5, 5.41) is 23.5. The Morgan fingerprint density at radius 1 is 1.03 bits per heavy atom. The van der Waals surface area contributed by atoms with E-state index in [1.165, 1.54) is 16.7 Å². The maximum atomic E-state index is 11.1. The number of amides is 2. The zero-order valence-electron chi connectivity index (χ0n) is 23.3. The van der Waals surface area contributed by atoms with Crippen LogP contribution in [0.15, 0.2) is 34.9 Å². The van der Waals surface area contributed by atoms with Gasteiger partial charge >= 0.3 is 18.0 Å². The van der Waals surface area contributed by atoms with Crippen molar-refractivity contribution in [2.75, 3.05) is 17.3 Å². The largest absolute Gasteiger partial charge is 0.481 e. The summed E-state index contributed by atoms with van der Waals surface area (Å²) >= 11 is 3.44. The first-order valence-electron chi connectivity index (χ1n) is 13.4. The quantitative estimate of drug-likeness (QED) is 0.0952. The molecule has 0 unspecified atom stereocenters. The number of nitrogens with one attached hydrogen (secondary N) is 2. The molecule has 2 aliphatic rings. The fourth-order valence-corrected chi connectivity index (χ4v) is 6.55. The first kappa shape index (κ1) is 34.1. The van der Waals surface area contributed by atoms with Crippen LogP contribution in [0.25, 0.3) is 0 Å². The molecule has 0 aromatic heterocycles. The third-order valence-corrected chi connectivity index (χ3v) is 8.86. The zero-order chi connectivity index (χ0) is 28.5. The van der Waals surface area contributed by atoms with E-state index in [2.05, 4.69) is 56.6 Å². The van der Waals surface area contributed by atoms with Gasteiger partial charge in [-0.1, -0.05) is 41.4 Å². The highest BCUT2D eigenvalue weighted by Crippen LogP contribution is 2.33. The second kappa shape index (κ2) is 19.2. The number of carbonyl (C=O) groups is 3. The monoisotopic (exact) mass is 569 g/mol. The normalized spacial score (nSPS) is 21.5. The lowest BCUT2D eigenvalue weighted by molar-refractivity contribution is -0.138. The molecule has 2 amide bonds. The van der Waals surface area contributed by atoms with Crippen LogP contribution in [0.2, 0.25) is 0 Å². The summed E-state index contributed by atoms with van der Waals surface area (Å²) in [6, 6.07) is -0.319. The predicted molar refractivity (Wildman–Crippen MR) is 160 cm³/mol. The summed E-state index contributed by atoms with van der Waals surface area (Å²) in [5.74, 6) is 0.598. The van der Waals surface area contributed by atoms with Gasteiger partial charge in [-0.2, -0.15) is 23.5 Å². The number of rotatable bonds is 16. The van der Waals surface area contributed by atoms with Crippen molar-refractivity contribution in [3.05, 3.63) is 34.9 Å². The van der Waals surface area contributed by atoms with Crippen molar-refractivity contribution < 1.29 is 24.6 Å². The fourth-order valence-electron chi connectivity index (χ4n) is 4.07. The van der Waals surface area contributed by atoms with E-state index in [9.17, 15) is 14.4 Å². The minimum atomic E-state index is -0.929. The molecule has 0 aliphatic carbocycles. The summed E-state index contributed by atoms with van der Waals surface area (Å²) < 4.78 is 0. The van der Waals surface area contributed by atoms with Crippen LogP contribution < -0.4 is 16.4 Å². The van der Waals surface area contributed by atoms with E-state index >= 15 is 0 Å². The van der Waals surface area contributed by atoms with Gasteiger partial charge in [0.1, 0.15) is 6.04 Å². The van der Waals surface area contributed by atoms with Crippen molar-refractivity contribution in [2.45, 2.75) is 102 Å². The van der Waals surface area contributed by atoms with Crippen LogP contribution in [0.4, 0.5) is 4.79 Å². The minimum Gasteiger partial charge on any atom is -0.481 e. The number of urea groups is 1. The molecule has 216 valence electrons. The van der Waals surface area contributed by atoms with E-state index < -0.39 is 18.0 Å². The Labute approximate surface area is 236 Å². The molecule has 0 saturated carbocycles. The Bertz CT molecular complexity index is 855. The second-order valence-corrected chi connectivity index (χ2v) is 12.6. The lowest BCUT2D eigenvalue weighted by atomic mass is 10.0. The van der Waals surface area contributed by atoms with Gasteiger partial charge < -0.3 is 26.6 Å². The summed E-state index contributed by atoms with van der Waals surface area (Å²) in [6.45, 7) is 8.59. The van der Waals surface area contributed by atoms with E-state index in [4.69, 9.17) is 15.9 Å². The van der Waals surface area contributed by atoms with Crippen molar-refractivity contribution in [2.24, 2.45) is 5.73 Å². The van der Waals surface area contributed by atoms with Crippen LogP contribution in [0.5, 0.6) is 0 Å². The van der Waals surface area contributed by atoms with E-state index in [0.29, 0.717) is 11.0 Å². The number of hydrogen-bond donors (Lipinski definition) is 5. The molecule has 0 bridgehead atoms. The molecule has 0 aromatic rings. The number of aliphatic carboxylic acids is 2. The van der Waals surface area contributed by atoms with Gasteiger partial charge in [0.2, 0.25) is 0 Å². The Balaban J connectivity index is 0.000000396. The Morgan fingerprint density at radius 2 is 1.68 bits per heavy atom. The van der Waals surface area contributed by atoms with Gasteiger partial charge in [0.05, 0.1) is 12.1 Å². The molecule has 38 heavy (non-hydrogen) atoms. The second-order valence-electron chi connectivity index (χ2n) is 10.2. The van der Waals surface area contributed by atoms with Gasteiger partial charge in [-0.3, -0.25) is 9.59 Å². The van der Waals surface area contributed by atoms with Crippen molar-refractivity contribution in [3.8, 4) is 0 Å². The molecule has 6 N–H and O–H groups in total. The number of unbranched alkanes of at least 4 members (excludes halogenated alkanes) is 1. The summed E-state index contributed by atoms with van der Waals surface area (Å²) in [7, 11) is 0. The summed E-state index contributed by atoms with van der Waals surface area (Å²) in [6.07, 6.45) is 14.0. The molecule has 0 aromatic carbocycles. The van der Waals surface area contributed by atoms with Gasteiger partial charge in [-0.15, -0.1) is 0 Å². The molecule has 2 heterocycles. The maximum absolute atomic E-state index is 11.1. The number of hydrogen-bond acceptors (Lipinski definition) is 6. The summed E-state index contributed by atoms with van der Waals surface area (Å²) in [4.78, 5) is 32.0. The SMILES string of the molecule is CC(C)=CCCC(C)=CCCC(C)=CCSC[C@H](N)C(=O)O.O=C(O)CCCC[C@@H]1SC[C@@H]2NC(=O)N[C@@H]21. The van der Waals surface area contributed by atoms with Gasteiger partial charge in [0, 0.05) is 28.9 Å². The van der Waals surface area contributed by atoms with Gasteiger partial charge in [-0.25, -0.2) is 4.79 Å². The smallest absolute Gasteiger partial charge is 0.321 e. The highest BCUT2D eigenvalue weighted by atomic mass is 32.2. The van der Waals surface area contributed by atoms with Crippen LogP contribution in [0.1, 0.15) is 79.1 Å². The number of thioether (sulfide) groups is 2. The van der Waals surface area contributed by atoms with Crippen LogP contribution in [0.3, 0.4) is 0 Å². The Kier molecular flexibility index (Phi) is 17.2. The van der Waals surface area contributed by atoms with Crippen molar-refractivity contribution in [1.82, 2.24) is 10.6 Å². The van der Waals surface area contributed by atoms with Crippen LogP contribution >= 0.6 is 23.5 Å². The van der Waals surface area contributed by atoms with Crippen molar-refractivity contribution in [3.63, 3.8) is 0 Å². The molecular formula is C28H47N3O5S2. The molecule has 2 saturated heterocycles. The van der Waals surface area contributed by atoms with Crippen molar-refractivity contribution in [1.29, 1.82) is 0 Å². The molecule has 2 rings (SSSR count). The first-order chi connectivity index (χ1) is 18.0. The number of fused-ring (bicyclic) bond motifs is 1. The van der Waals surface area contributed by atoms with Gasteiger partial charge in [-0.05, 0) is 66.2 Å². The number of carboxylic acids is 2. The van der Waals surface area contributed by atoms with Gasteiger partial charge in [0.25, 0.3) is 0 Å². The predicted octanol–water partition coefficient (Wildman–Crippen LogP) is 5.35. The average molecular weight is 570 g/mol. The molecular weight excluding hydrogens is 522 g/mol. The topological polar surface area (TPSA) is 142 Å². The highest BCUT2D eigenvalue weighted by molar-refractivity contribution is 8.00. The zero-order valence-corrected chi connectivity index (χ0v) is 25.0. The highest BCUT2D eigenvalue weighted by Gasteiger charge is 2.42. The number of allylic oxidation sites excluding steroid dienone is 5. The number of carbonyl (C=O) groups excluding carboxylic acids is 1. The lowest BCUT2D eigenvalue weighted by Gasteiger charge is -2.16.